The molecule has 124 valence electrons. The van der Waals surface area contributed by atoms with Gasteiger partial charge in [0, 0.05) is 0 Å². The van der Waals surface area contributed by atoms with E-state index in [4.69, 9.17) is 0 Å². The van der Waals surface area contributed by atoms with Crippen LogP contribution in [0.15, 0.2) is 24.0 Å². The number of hydrogen-bond donors (Lipinski definition) is 0. The second kappa shape index (κ2) is 6.03. The average Bonchev–Trinajstić information content (AvgIpc) is 2.24. The molecule has 0 aliphatic rings. The van der Waals surface area contributed by atoms with Crippen molar-refractivity contribution in [2.45, 2.75) is 18.3 Å². The van der Waals surface area contributed by atoms with Crippen molar-refractivity contribution in [3.8, 4) is 0 Å². The van der Waals surface area contributed by atoms with Crippen LogP contribution in [-0.4, -0.2) is 18.3 Å². The summed E-state index contributed by atoms with van der Waals surface area (Å²) in [6, 6.07) is -10.1. The summed E-state index contributed by atoms with van der Waals surface area (Å²) in [7, 11) is 0. The molecular weight excluding hydrogens is 344 g/mol. The third kappa shape index (κ3) is 4.71. The molecular formula is C7F12O2. The van der Waals surface area contributed by atoms with Gasteiger partial charge in [0.1, 0.15) is 0 Å². The van der Waals surface area contributed by atoms with Gasteiger partial charge < -0.3 is 4.74 Å². The maximum Gasteiger partial charge on any atom is 0.528 e. The lowest BCUT2D eigenvalue weighted by molar-refractivity contribution is -0.489. The topological polar surface area (TPSA) is 18.5 Å². The summed E-state index contributed by atoms with van der Waals surface area (Å²) in [5.41, 5.74) is 0. The van der Waals surface area contributed by atoms with Crippen LogP contribution >= 0.6 is 0 Å². The van der Waals surface area contributed by atoms with Crippen molar-refractivity contribution < 1.29 is 62.2 Å². The van der Waals surface area contributed by atoms with Crippen molar-refractivity contribution in [1.82, 2.24) is 0 Å². The molecule has 0 aromatic carbocycles. The summed E-state index contributed by atoms with van der Waals surface area (Å²) in [4.78, 5) is 0. The molecule has 0 aromatic heterocycles. The molecule has 14 heteroatoms. The molecule has 0 aliphatic carbocycles. The quantitative estimate of drug-likeness (QED) is 0.401. The Bertz CT molecular complexity index is 443. The fourth-order valence-corrected chi connectivity index (χ4v) is 0.701. The third-order valence-electron chi connectivity index (χ3n) is 1.43. The number of rotatable bonds is 5. The Hall–Kier alpha value is -1.60. The Kier molecular flexibility index (Phi) is 5.57. The fraction of sp³-hybridized carbons (Fsp3) is 0.429. The molecule has 0 rings (SSSR count). The first-order valence-corrected chi connectivity index (χ1v) is 4.08. The monoisotopic (exact) mass is 344 g/mol. The van der Waals surface area contributed by atoms with E-state index in [9.17, 15) is 52.7 Å². The highest BCUT2D eigenvalue weighted by Crippen LogP contribution is 2.47. The Labute approximate surface area is 106 Å². The van der Waals surface area contributed by atoms with Gasteiger partial charge in [0.2, 0.25) is 5.83 Å². The van der Waals surface area contributed by atoms with Crippen LogP contribution in [0.5, 0.6) is 0 Å². The summed E-state index contributed by atoms with van der Waals surface area (Å²) >= 11 is 0. The zero-order chi connectivity index (χ0) is 17.2. The van der Waals surface area contributed by atoms with Gasteiger partial charge in [-0.1, -0.05) is 0 Å². The van der Waals surface area contributed by atoms with Crippen LogP contribution in [0, 0.1) is 0 Å². The second-order valence-electron chi connectivity index (χ2n) is 2.87. The highest BCUT2D eigenvalue weighted by Gasteiger charge is 2.69. The Morgan fingerprint density at radius 1 is 0.667 bits per heavy atom. The number of hydrogen-bond acceptors (Lipinski definition) is 2. The van der Waals surface area contributed by atoms with Gasteiger partial charge >= 0.3 is 36.5 Å². The molecule has 1 unspecified atom stereocenters. The van der Waals surface area contributed by atoms with Crippen molar-refractivity contribution >= 4 is 0 Å². The summed E-state index contributed by atoms with van der Waals surface area (Å²) in [6.45, 7) is 0. The summed E-state index contributed by atoms with van der Waals surface area (Å²) in [6.07, 6.45) is -14.2. The van der Waals surface area contributed by atoms with E-state index in [2.05, 4.69) is 4.74 Å². The summed E-state index contributed by atoms with van der Waals surface area (Å²) in [5.74, 6) is -10.8. The molecule has 0 bridgehead atoms. The van der Waals surface area contributed by atoms with Crippen molar-refractivity contribution in [3.05, 3.63) is 24.0 Å². The van der Waals surface area contributed by atoms with Gasteiger partial charge in [-0.15, -0.1) is 13.2 Å². The summed E-state index contributed by atoms with van der Waals surface area (Å²) in [5, 5.41) is 0. The number of ether oxygens (including phenoxy) is 2. The Morgan fingerprint density at radius 3 is 1.38 bits per heavy atom. The molecule has 0 saturated heterocycles. The molecule has 0 radical (unpaired) electrons. The molecule has 0 N–H and O–H groups in total. The predicted molar refractivity (Wildman–Crippen MR) is 37.7 cm³/mol. The minimum Gasteiger partial charge on any atom is -0.400 e. The normalized spacial score (nSPS) is 15.2. The molecule has 0 heterocycles. The zero-order valence-corrected chi connectivity index (χ0v) is 8.85. The van der Waals surface area contributed by atoms with E-state index in [1.54, 1.807) is 0 Å². The zero-order valence-electron chi connectivity index (χ0n) is 8.85. The van der Waals surface area contributed by atoms with Gasteiger partial charge in [0.25, 0.3) is 0 Å². The van der Waals surface area contributed by atoms with Crippen LogP contribution in [0.2, 0.25) is 0 Å². The van der Waals surface area contributed by atoms with E-state index >= 15 is 0 Å². The van der Waals surface area contributed by atoms with Crippen LogP contribution in [0.1, 0.15) is 0 Å². The Morgan fingerprint density at radius 2 is 1.10 bits per heavy atom. The van der Waals surface area contributed by atoms with Crippen molar-refractivity contribution in [2.24, 2.45) is 0 Å². The largest absolute Gasteiger partial charge is 0.528 e. The van der Waals surface area contributed by atoms with E-state index in [0.29, 0.717) is 0 Å². The van der Waals surface area contributed by atoms with Gasteiger partial charge in [0.15, 0.2) is 0 Å². The van der Waals surface area contributed by atoms with Crippen LogP contribution in [0.25, 0.3) is 0 Å². The highest BCUT2D eigenvalue weighted by molar-refractivity contribution is 5.09. The van der Waals surface area contributed by atoms with E-state index in [0.717, 1.165) is 0 Å². The SMILES string of the molecule is FC(F)=C(F)OC(F)(OC(F)(F)F)C(F)(F)C(F)=C(F)F. The van der Waals surface area contributed by atoms with E-state index in [1.165, 1.54) is 0 Å². The summed E-state index contributed by atoms with van der Waals surface area (Å²) < 4.78 is 148. The van der Waals surface area contributed by atoms with Gasteiger partial charge in [-0.05, 0) is 0 Å². The van der Waals surface area contributed by atoms with Crippen molar-refractivity contribution in [2.75, 3.05) is 0 Å². The molecule has 0 amide bonds. The van der Waals surface area contributed by atoms with Gasteiger partial charge in [-0.3, -0.25) is 0 Å². The fourth-order valence-electron chi connectivity index (χ4n) is 0.701. The minimum atomic E-state index is -6.62. The predicted octanol–water partition coefficient (Wildman–Crippen LogP) is 4.91. The molecule has 0 saturated carbocycles. The van der Waals surface area contributed by atoms with Crippen molar-refractivity contribution in [3.63, 3.8) is 0 Å². The Balaban J connectivity index is 5.95. The maximum atomic E-state index is 13.2. The molecule has 0 fully saturated rings. The van der Waals surface area contributed by atoms with Gasteiger partial charge in [0.05, 0.1) is 0 Å². The first kappa shape index (κ1) is 19.4. The van der Waals surface area contributed by atoms with Crippen LogP contribution in [0.3, 0.4) is 0 Å². The van der Waals surface area contributed by atoms with Gasteiger partial charge in [-0.25, -0.2) is 4.74 Å². The first-order valence-electron chi connectivity index (χ1n) is 4.08. The molecule has 0 spiro atoms. The van der Waals surface area contributed by atoms with Crippen LogP contribution in [0.4, 0.5) is 52.7 Å². The molecule has 0 aliphatic heterocycles. The van der Waals surface area contributed by atoms with Crippen LogP contribution < -0.4 is 0 Å². The average molecular weight is 344 g/mol. The third-order valence-corrected chi connectivity index (χ3v) is 1.43. The molecule has 21 heavy (non-hydrogen) atoms. The number of halogens is 12. The molecule has 0 aromatic rings. The minimum absolute atomic E-state index is 1.83. The van der Waals surface area contributed by atoms with Gasteiger partial charge in [-0.2, -0.15) is 39.5 Å². The van der Waals surface area contributed by atoms with E-state index in [1.807, 2.05) is 4.74 Å². The molecule has 2 nitrogen and oxygen atoms in total. The van der Waals surface area contributed by atoms with Crippen LogP contribution in [-0.2, 0) is 9.47 Å². The lowest BCUT2D eigenvalue weighted by Gasteiger charge is -2.30. The standard InChI is InChI=1S/C7F12O2/c8-1(2(9)10)5(14,15)6(16,21-7(17,18)19)20-4(13)3(11)12. The lowest BCUT2D eigenvalue weighted by Crippen LogP contribution is -2.52. The smallest absolute Gasteiger partial charge is 0.400 e. The lowest BCUT2D eigenvalue weighted by atomic mass is 10.2. The second-order valence-corrected chi connectivity index (χ2v) is 2.87. The number of alkyl halides is 6. The molecule has 1 atom stereocenters. The first-order chi connectivity index (χ1) is 9.14. The highest BCUT2D eigenvalue weighted by atomic mass is 19.4. The van der Waals surface area contributed by atoms with E-state index < -0.39 is 42.3 Å². The van der Waals surface area contributed by atoms with E-state index in [-0.39, 0.29) is 0 Å². The van der Waals surface area contributed by atoms with Crippen molar-refractivity contribution in [1.29, 1.82) is 0 Å². The maximum absolute atomic E-state index is 13.2.